The van der Waals surface area contributed by atoms with Crippen LogP contribution in [0.15, 0.2) is 20.4 Å². The fourth-order valence-electron chi connectivity index (χ4n) is 0.410. The van der Waals surface area contributed by atoms with Gasteiger partial charge in [0.15, 0.2) is 11.7 Å². The van der Waals surface area contributed by atoms with Crippen LogP contribution in [-0.2, 0) is 0 Å². The van der Waals surface area contributed by atoms with Gasteiger partial charge in [-0.15, -0.1) is 10.2 Å². The molecule has 0 aromatic rings. The first-order valence-electron chi connectivity index (χ1n) is 4.12. The maximum Gasteiger partial charge on any atom is 0.190 e. The molecule has 0 aliphatic rings. The summed E-state index contributed by atoms with van der Waals surface area (Å²) in [7, 11) is 0. The lowest BCUT2D eigenvalue weighted by atomic mass is 10.5. The molecule has 78 valence electrons. The smallest absolute Gasteiger partial charge is 0.190 e. The van der Waals surface area contributed by atoms with Gasteiger partial charge in [-0.1, -0.05) is 0 Å². The molecule has 0 bridgehead atoms. The summed E-state index contributed by atoms with van der Waals surface area (Å²) in [5, 5.41) is 14.8. The topological polar surface area (TPSA) is 101 Å². The summed E-state index contributed by atoms with van der Waals surface area (Å²) in [6.07, 6.45) is 0. The third-order valence-corrected chi connectivity index (χ3v) is 0.978. The summed E-state index contributed by atoms with van der Waals surface area (Å²) >= 11 is 0. The minimum Gasteiger partial charge on any atom is -0.379 e. The summed E-state index contributed by atoms with van der Waals surface area (Å²) in [6, 6.07) is 0. The molecule has 0 radical (unpaired) electrons. The van der Waals surface area contributed by atoms with Crippen molar-refractivity contribution in [1.29, 1.82) is 0 Å². The van der Waals surface area contributed by atoms with E-state index in [1.807, 2.05) is 0 Å². The van der Waals surface area contributed by atoms with Crippen molar-refractivity contribution in [3.8, 4) is 0 Å². The van der Waals surface area contributed by atoms with E-state index >= 15 is 0 Å². The number of nitrogens with two attached hydrogens (primary N) is 2. The van der Waals surface area contributed by atoms with Gasteiger partial charge in [-0.2, -0.15) is 10.2 Å². The largest absolute Gasteiger partial charge is 0.379 e. The second-order valence-electron chi connectivity index (χ2n) is 3.06. The number of rotatable bonds is 2. The van der Waals surface area contributed by atoms with E-state index in [0.717, 1.165) is 11.4 Å². The summed E-state index contributed by atoms with van der Waals surface area (Å²) < 4.78 is 0. The van der Waals surface area contributed by atoms with E-state index < -0.39 is 0 Å². The van der Waals surface area contributed by atoms with Crippen molar-refractivity contribution in [2.75, 3.05) is 0 Å². The van der Waals surface area contributed by atoms with Gasteiger partial charge >= 0.3 is 0 Å². The van der Waals surface area contributed by atoms with Crippen molar-refractivity contribution < 1.29 is 0 Å². The van der Waals surface area contributed by atoms with Crippen LogP contribution in [0.3, 0.4) is 0 Å². The van der Waals surface area contributed by atoms with Gasteiger partial charge in [0.25, 0.3) is 0 Å². The minimum atomic E-state index is 0.0659. The molecular formula is C8H16N6. The molecule has 0 aliphatic heterocycles. The lowest BCUT2D eigenvalue weighted by molar-refractivity contribution is 1.19. The summed E-state index contributed by atoms with van der Waals surface area (Å²) in [5.74, 6) is 0.132. The Morgan fingerprint density at radius 3 is 1.14 bits per heavy atom. The van der Waals surface area contributed by atoms with E-state index in [0.29, 0.717) is 0 Å². The molecule has 14 heavy (non-hydrogen) atoms. The molecule has 0 aromatic heterocycles. The monoisotopic (exact) mass is 196 g/mol. The molecule has 0 heterocycles. The van der Waals surface area contributed by atoms with E-state index in [4.69, 9.17) is 11.5 Å². The molecule has 4 N–H and O–H groups in total. The van der Waals surface area contributed by atoms with E-state index in [1.165, 1.54) is 0 Å². The van der Waals surface area contributed by atoms with Crippen LogP contribution in [0.5, 0.6) is 0 Å². The Bertz CT molecular complexity index is 270. The Morgan fingerprint density at radius 1 is 0.643 bits per heavy atom. The SMILES string of the molecule is CC(C)=NN=C(N)C(N)=NN=C(C)C. The van der Waals surface area contributed by atoms with Crippen LogP contribution < -0.4 is 11.5 Å². The third-order valence-electron chi connectivity index (χ3n) is 0.978. The van der Waals surface area contributed by atoms with Gasteiger partial charge in [0, 0.05) is 11.4 Å². The molecule has 0 amide bonds. The van der Waals surface area contributed by atoms with Gasteiger partial charge in [0.1, 0.15) is 0 Å². The van der Waals surface area contributed by atoms with Crippen molar-refractivity contribution in [2.24, 2.45) is 31.9 Å². The Balaban J connectivity index is 4.62. The lowest BCUT2D eigenvalue weighted by Gasteiger charge is -1.94. The van der Waals surface area contributed by atoms with Gasteiger partial charge < -0.3 is 11.5 Å². The van der Waals surface area contributed by atoms with Gasteiger partial charge in [-0.05, 0) is 27.7 Å². The van der Waals surface area contributed by atoms with E-state index in [9.17, 15) is 0 Å². The van der Waals surface area contributed by atoms with Gasteiger partial charge in [-0.3, -0.25) is 0 Å². The number of hydrogen-bond acceptors (Lipinski definition) is 4. The summed E-state index contributed by atoms with van der Waals surface area (Å²) in [4.78, 5) is 0. The Labute approximate surface area is 83.5 Å². The molecule has 0 unspecified atom stereocenters. The molecule has 0 atom stereocenters. The molecule has 0 aliphatic carbocycles. The van der Waals surface area contributed by atoms with Crippen molar-refractivity contribution in [3.63, 3.8) is 0 Å². The number of hydrogen-bond donors (Lipinski definition) is 2. The first kappa shape index (κ1) is 12.3. The highest BCUT2D eigenvalue weighted by atomic mass is 15.3. The molecule has 6 nitrogen and oxygen atoms in total. The fourth-order valence-corrected chi connectivity index (χ4v) is 0.410. The Hall–Kier alpha value is -1.72. The van der Waals surface area contributed by atoms with Gasteiger partial charge in [-0.25, -0.2) is 0 Å². The van der Waals surface area contributed by atoms with Crippen LogP contribution in [0, 0.1) is 0 Å². The standard InChI is InChI=1S/C8H16N6/c1-5(2)11-13-7(9)8(10)14-12-6(3)4/h1-4H3,(H2,9,13)(H2,10,14). The normalized spacial score (nSPS) is 12.3. The van der Waals surface area contributed by atoms with Crippen LogP contribution >= 0.6 is 0 Å². The molecule has 0 aromatic carbocycles. The second-order valence-corrected chi connectivity index (χ2v) is 3.06. The maximum absolute atomic E-state index is 5.47. The first-order chi connectivity index (χ1) is 6.43. The molecule has 0 spiro atoms. The third kappa shape index (κ3) is 5.87. The molecule has 0 saturated heterocycles. The Kier molecular flexibility index (Phi) is 5.13. The lowest BCUT2D eigenvalue weighted by Crippen LogP contribution is -2.30. The van der Waals surface area contributed by atoms with E-state index in [1.54, 1.807) is 27.7 Å². The van der Waals surface area contributed by atoms with Crippen LogP contribution in [0.4, 0.5) is 0 Å². The maximum atomic E-state index is 5.47. The molecule has 0 saturated carbocycles. The minimum absolute atomic E-state index is 0.0659. The van der Waals surface area contributed by atoms with Gasteiger partial charge in [0.05, 0.1) is 0 Å². The van der Waals surface area contributed by atoms with Crippen LogP contribution in [0.1, 0.15) is 27.7 Å². The van der Waals surface area contributed by atoms with E-state index in [-0.39, 0.29) is 11.7 Å². The first-order valence-corrected chi connectivity index (χ1v) is 4.12. The highest BCUT2D eigenvalue weighted by molar-refractivity contribution is 6.39. The predicted octanol–water partition coefficient (Wildman–Crippen LogP) is 0.492. The average Bonchev–Trinajstić information content (AvgIpc) is 2.09. The molecule has 6 heteroatoms. The summed E-state index contributed by atoms with van der Waals surface area (Å²) in [6.45, 7) is 7.22. The summed E-state index contributed by atoms with van der Waals surface area (Å²) in [5.41, 5.74) is 12.5. The average molecular weight is 196 g/mol. The second kappa shape index (κ2) is 5.85. The van der Waals surface area contributed by atoms with Crippen LogP contribution in [0.25, 0.3) is 0 Å². The zero-order valence-corrected chi connectivity index (χ0v) is 8.94. The molecule has 0 rings (SSSR count). The number of nitrogens with zero attached hydrogens (tertiary/aromatic N) is 4. The predicted molar refractivity (Wildman–Crippen MR) is 60.8 cm³/mol. The Morgan fingerprint density at radius 2 is 0.929 bits per heavy atom. The highest BCUT2D eigenvalue weighted by Crippen LogP contribution is 1.82. The quantitative estimate of drug-likeness (QED) is 0.381. The molecule has 0 fully saturated rings. The van der Waals surface area contributed by atoms with Crippen LogP contribution in [-0.4, -0.2) is 23.1 Å². The van der Waals surface area contributed by atoms with Crippen LogP contribution in [0.2, 0.25) is 0 Å². The van der Waals surface area contributed by atoms with E-state index in [2.05, 4.69) is 20.4 Å². The fraction of sp³-hybridized carbons (Fsp3) is 0.500. The van der Waals surface area contributed by atoms with Crippen molar-refractivity contribution in [2.45, 2.75) is 27.7 Å². The van der Waals surface area contributed by atoms with Crippen molar-refractivity contribution in [3.05, 3.63) is 0 Å². The van der Waals surface area contributed by atoms with Crippen molar-refractivity contribution in [1.82, 2.24) is 0 Å². The zero-order chi connectivity index (χ0) is 11.1. The highest BCUT2D eigenvalue weighted by Gasteiger charge is 1.97. The zero-order valence-electron chi connectivity index (χ0n) is 8.94. The number of amidine groups is 2. The van der Waals surface area contributed by atoms with Gasteiger partial charge in [0.2, 0.25) is 0 Å². The van der Waals surface area contributed by atoms with Crippen molar-refractivity contribution >= 4 is 23.1 Å². The molecular weight excluding hydrogens is 180 g/mol.